The summed E-state index contributed by atoms with van der Waals surface area (Å²) in [6.07, 6.45) is 2.02. The van der Waals surface area contributed by atoms with Crippen LogP contribution in [0.15, 0.2) is 24.3 Å². The average molecular weight is 461 g/mol. The summed E-state index contributed by atoms with van der Waals surface area (Å²) in [4.78, 5) is 11.9. The molecule has 0 unspecified atom stereocenters. The molecule has 2 aliphatic heterocycles. The zero-order chi connectivity index (χ0) is 23.3. The molecular formula is C23H32N4O4S. The second-order valence-electron chi connectivity index (χ2n) is 9.59. The van der Waals surface area contributed by atoms with E-state index < -0.39 is 20.1 Å². The van der Waals surface area contributed by atoms with E-state index in [1.54, 1.807) is 13.8 Å². The van der Waals surface area contributed by atoms with Crippen LogP contribution in [-0.2, 0) is 25.7 Å². The van der Waals surface area contributed by atoms with E-state index in [0.29, 0.717) is 49.5 Å². The summed E-state index contributed by atoms with van der Waals surface area (Å²) in [5.74, 6) is 1.54. The largest absolute Gasteiger partial charge is 0.485 e. The summed E-state index contributed by atoms with van der Waals surface area (Å²) in [5, 5.41) is 0. The first-order valence-electron chi connectivity index (χ1n) is 10.9. The van der Waals surface area contributed by atoms with Crippen molar-refractivity contribution < 1.29 is 17.9 Å². The van der Waals surface area contributed by atoms with Crippen LogP contribution in [0.2, 0.25) is 0 Å². The summed E-state index contributed by atoms with van der Waals surface area (Å²) in [6, 6.07) is 7.97. The van der Waals surface area contributed by atoms with Gasteiger partial charge in [0, 0.05) is 11.8 Å². The fraction of sp³-hybridized carbons (Fsp3) is 0.565. The van der Waals surface area contributed by atoms with Crippen molar-refractivity contribution in [1.29, 1.82) is 0 Å². The zero-order valence-corrected chi connectivity index (χ0v) is 20.2. The van der Waals surface area contributed by atoms with E-state index in [9.17, 15) is 8.42 Å². The highest BCUT2D eigenvalue weighted by molar-refractivity contribution is 7.91. The number of fused-ring (bicyclic) bond motifs is 3. The van der Waals surface area contributed by atoms with Gasteiger partial charge in [-0.1, -0.05) is 24.3 Å². The summed E-state index contributed by atoms with van der Waals surface area (Å²) >= 11 is 0. The number of benzene rings is 1. The van der Waals surface area contributed by atoms with Gasteiger partial charge in [-0.25, -0.2) is 18.4 Å². The molecule has 1 aromatic heterocycles. The van der Waals surface area contributed by atoms with Gasteiger partial charge < -0.3 is 20.1 Å². The molecule has 3 heterocycles. The summed E-state index contributed by atoms with van der Waals surface area (Å²) in [5.41, 5.74) is 7.60. The quantitative estimate of drug-likeness (QED) is 0.724. The lowest BCUT2D eigenvalue weighted by Gasteiger charge is -2.52. The number of sulfone groups is 1. The summed E-state index contributed by atoms with van der Waals surface area (Å²) in [7, 11) is -3.49. The van der Waals surface area contributed by atoms with Crippen molar-refractivity contribution in [3.8, 4) is 17.1 Å². The fourth-order valence-corrected chi connectivity index (χ4v) is 4.85. The maximum Gasteiger partial charge on any atom is 0.185 e. The van der Waals surface area contributed by atoms with E-state index >= 15 is 0 Å². The summed E-state index contributed by atoms with van der Waals surface area (Å²) < 4.78 is 36.2. The minimum absolute atomic E-state index is 0.0558. The predicted molar refractivity (Wildman–Crippen MR) is 125 cm³/mol. The highest BCUT2D eigenvalue weighted by Crippen LogP contribution is 2.46. The Balaban J connectivity index is 1.94. The molecule has 174 valence electrons. The SMILES string of the molecule is C[C@@H]1COC[C@@]2(C)COc3c(nc(-c4ccc(CCN)cc4)nc3C(C)(C)S(C)(=O)=O)N12. The lowest BCUT2D eigenvalue weighted by atomic mass is 9.95. The highest BCUT2D eigenvalue weighted by atomic mass is 32.2. The number of nitrogens with zero attached hydrogens (tertiary/aromatic N) is 3. The molecule has 32 heavy (non-hydrogen) atoms. The maximum atomic E-state index is 12.8. The second kappa shape index (κ2) is 7.97. The number of hydrogen-bond acceptors (Lipinski definition) is 8. The molecule has 0 spiro atoms. The molecule has 0 radical (unpaired) electrons. The van der Waals surface area contributed by atoms with Gasteiger partial charge >= 0.3 is 0 Å². The Bertz CT molecular complexity index is 1120. The van der Waals surface area contributed by atoms with Crippen molar-refractivity contribution in [3.05, 3.63) is 35.5 Å². The van der Waals surface area contributed by atoms with E-state index in [4.69, 9.17) is 25.2 Å². The van der Waals surface area contributed by atoms with Crippen molar-refractivity contribution in [2.45, 2.75) is 50.4 Å². The third-order valence-electron chi connectivity index (χ3n) is 6.54. The Labute approximate surface area is 190 Å². The number of ether oxygens (including phenoxy) is 2. The van der Waals surface area contributed by atoms with Gasteiger partial charge in [0.1, 0.15) is 17.0 Å². The maximum absolute atomic E-state index is 12.8. The number of hydrogen-bond donors (Lipinski definition) is 1. The Morgan fingerprint density at radius 3 is 2.53 bits per heavy atom. The molecule has 2 N–H and O–H groups in total. The van der Waals surface area contributed by atoms with Crippen LogP contribution in [0.1, 0.15) is 39.0 Å². The van der Waals surface area contributed by atoms with E-state index in [1.807, 2.05) is 24.3 Å². The molecule has 1 aromatic carbocycles. The number of rotatable bonds is 5. The molecular weight excluding hydrogens is 428 g/mol. The van der Waals surface area contributed by atoms with Gasteiger partial charge in [0.25, 0.3) is 0 Å². The number of anilines is 1. The normalized spacial score (nSPS) is 23.3. The number of nitrogens with two attached hydrogens (primary N) is 1. The molecule has 2 atom stereocenters. The van der Waals surface area contributed by atoms with Crippen LogP contribution in [0.3, 0.4) is 0 Å². The van der Waals surface area contributed by atoms with Crippen LogP contribution in [0.25, 0.3) is 11.4 Å². The van der Waals surface area contributed by atoms with Crippen LogP contribution in [-0.4, -0.2) is 62.6 Å². The second-order valence-corrected chi connectivity index (χ2v) is 12.2. The molecule has 0 bridgehead atoms. The van der Waals surface area contributed by atoms with Gasteiger partial charge in [-0.15, -0.1) is 0 Å². The lowest BCUT2D eigenvalue weighted by molar-refractivity contribution is 0.00705. The minimum Gasteiger partial charge on any atom is -0.485 e. The highest BCUT2D eigenvalue weighted by Gasteiger charge is 2.48. The zero-order valence-electron chi connectivity index (χ0n) is 19.4. The van der Waals surface area contributed by atoms with E-state index in [2.05, 4.69) is 18.7 Å². The molecule has 0 amide bonds. The lowest BCUT2D eigenvalue weighted by Crippen LogP contribution is -2.64. The predicted octanol–water partition coefficient (Wildman–Crippen LogP) is 2.30. The van der Waals surface area contributed by atoms with E-state index in [0.717, 1.165) is 17.5 Å². The van der Waals surface area contributed by atoms with Crippen LogP contribution in [0, 0.1) is 0 Å². The van der Waals surface area contributed by atoms with E-state index in [-0.39, 0.29) is 6.04 Å². The topological polar surface area (TPSA) is 108 Å². The molecule has 0 aliphatic carbocycles. The third-order valence-corrected chi connectivity index (χ3v) is 8.59. The molecule has 8 nitrogen and oxygen atoms in total. The number of morpholine rings is 1. The molecule has 9 heteroatoms. The molecule has 4 rings (SSSR count). The fourth-order valence-electron chi connectivity index (χ4n) is 4.36. The Morgan fingerprint density at radius 1 is 1.22 bits per heavy atom. The molecule has 1 fully saturated rings. The molecule has 2 aliphatic rings. The monoisotopic (exact) mass is 460 g/mol. The van der Waals surface area contributed by atoms with Crippen molar-refractivity contribution in [3.63, 3.8) is 0 Å². The number of aromatic nitrogens is 2. The van der Waals surface area contributed by atoms with Crippen LogP contribution in [0.4, 0.5) is 5.82 Å². The van der Waals surface area contributed by atoms with Crippen molar-refractivity contribution in [1.82, 2.24) is 9.97 Å². The minimum atomic E-state index is -3.49. The van der Waals surface area contributed by atoms with Crippen molar-refractivity contribution in [2.24, 2.45) is 5.73 Å². The molecule has 0 saturated carbocycles. The Hall–Kier alpha value is -2.23. The first kappa shape index (κ1) is 22.9. The third kappa shape index (κ3) is 3.76. The van der Waals surface area contributed by atoms with Crippen molar-refractivity contribution >= 4 is 15.7 Å². The molecule has 1 saturated heterocycles. The van der Waals surface area contributed by atoms with Crippen LogP contribution < -0.4 is 15.4 Å². The average Bonchev–Trinajstić information content (AvgIpc) is 2.72. The van der Waals surface area contributed by atoms with Gasteiger partial charge in [-0.2, -0.15) is 0 Å². The first-order chi connectivity index (χ1) is 15.0. The Kier molecular flexibility index (Phi) is 5.71. The van der Waals surface area contributed by atoms with Gasteiger partial charge in [-0.3, -0.25) is 0 Å². The Morgan fingerprint density at radius 2 is 1.91 bits per heavy atom. The first-order valence-corrected chi connectivity index (χ1v) is 12.8. The van der Waals surface area contributed by atoms with Gasteiger partial charge in [0.05, 0.1) is 24.8 Å². The standard InChI is InChI=1S/C23H32N4O4S/c1-15-12-30-13-23(4)14-31-18-19(22(2,3)32(5,28)29)25-20(26-21(18)27(15)23)17-8-6-16(7-9-17)10-11-24/h6-9,15H,10-14,24H2,1-5H3/t15-,23+/m1/s1. The molecule has 2 aromatic rings. The van der Waals surface area contributed by atoms with Crippen LogP contribution in [0.5, 0.6) is 5.75 Å². The van der Waals surface area contributed by atoms with Crippen molar-refractivity contribution in [2.75, 3.05) is 37.5 Å². The van der Waals surface area contributed by atoms with Gasteiger partial charge in [0.2, 0.25) is 0 Å². The van der Waals surface area contributed by atoms with Gasteiger partial charge in [-0.05, 0) is 46.2 Å². The van der Waals surface area contributed by atoms with Gasteiger partial charge in [0.15, 0.2) is 27.2 Å². The smallest absolute Gasteiger partial charge is 0.185 e. The van der Waals surface area contributed by atoms with Crippen LogP contribution >= 0.6 is 0 Å². The summed E-state index contributed by atoms with van der Waals surface area (Å²) in [6.45, 7) is 9.51. The van der Waals surface area contributed by atoms with E-state index in [1.165, 1.54) is 6.26 Å².